The fourth-order valence-corrected chi connectivity index (χ4v) is 5.14. The molecule has 0 saturated heterocycles. The maximum atomic E-state index is 14.4. The second kappa shape index (κ2) is 10.3. The van der Waals surface area contributed by atoms with E-state index in [0.29, 0.717) is 27.8 Å². The molecule has 2 aromatic heterocycles. The van der Waals surface area contributed by atoms with Gasteiger partial charge in [0, 0.05) is 23.6 Å². The Bertz CT molecular complexity index is 1620. The Morgan fingerprint density at radius 1 is 1.11 bits per heavy atom. The van der Waals surface area contributed by atoms with Gasteiger partial charge in [0.2, 0.25) is 0 Å². The van der Waals surface area contributed by atoms with Crippen molar-refractivity contribution in [3.05, 3.63) is 76.1 Å². The normalized spacial score (nSPS) is 12.7. The monoisotopic (exact) mass is 535 g/mol. The lowest BCUT2D eigenvalue weighted by atomic mass is 10.0. The first-order valence-electron chi connectivity index (χ1n) is 11.2. The number of imidazole rings is 1. The second-order valence-corrected chi connectivity index (χ2v) is 10.6. The third-order valence-corrected chi connectivity index (χ3v) is 6.72. The minimum absolute atomic E-state index is 0.0299. The van der Waals surface area contributed by atoms with Crippen LogP contribution in [0.2, 0.25) is 0 Å². The van der Waals surface area contributed by atoms with Crippen LogP contribution in [-0.4, -0.2) is 48.2 Å². The number of hydrogen-bond donors (Lipinski definition) is 1. The standard InChI is InChI=1S/C25H24F3N3O5S/c1-4-35-21-11-15(9-10-20(21)36-24(27)28)19(13-37(3,33)34)31-23-22(30-25(31)32)14(2)17(12-29-23)16-7-5-6-8-18(16)26/h5-12,19,24H,4,13H2,1-3H3,(H,30,32)/t19-/m0/s1. The van der Waals surface area contributed by atoms with Gasteiger partial charge in [-0.3, -0.25) is 4.57 Å². The van der Waals surface area contributed by atoms with Crippen molar-refractivity contribution in [3.8, 4) is 22.6 Å². The van der Waals surface area contributed by atoms with E-state index in [4.69, 9.17) is 4.74 Å². The molecule has 0 saturated carbocycles. The van der Waals surface area contributed by atoms with Crippen molar-refractivity contribution in [1.29, 1.82) is 0 Å². The van der Waals surface area contributed by atoms with E-state index in [1.165, 1.54) is 35.0 Å². The topological polar surface area (TPSA) is 103 Å². The van der Waals surface area contributed by atoms with Crippen molar-refractivity contribution < 1.29 is 31.1 Å². The number of aromatic nitrogens is 3. The van der Waals surface area contributed by atoms with Gasteiger partial charge in [0.05, 0.1) is 23.9 Å². The van der Waals surface area contributed by atoms with Gasteiger partial charge in [-0.15, -0.1) is 0 Å². The summed E-state index contributed by atoms with van der Waals surface area (Å²) >= 11 is 0. The van der Waals surface area contributed by atoms with Gasteiger partial charge in [0.15, 0.2) is 17.1 Å². The van der Waals surface area contributed by atoms with Crippen molar-refractivity contribution in [3.63, 3.8) is 0 Å². The molecule has 1 atom stereocenters. The molecule has 4 rings (SSSR count). The SMILES string of the molecule is CCOc1cc([C@H](CS(C)(=O)=O)n2c(=O)[nH]c3c(C)c(-c4ccccc4F)cnc32)ccc1OC(F)F. The highest BCUT2D eigenvalue weighted by Crippen LogP contribution is 2.35. The molecule has 37 heavy (non-hydrogen) atoms. The molecule has 1 N–H and O–H groups in total. The van der Waals surface area contributed by atoms with Crippen molar-refractivity contribution in [1.82, 2.24) is 14.5 Å². The summed E-state index contributed by atoms with van der Waals surface area (Å²) in [5.41, 5.74) is 1.43. The predicted octanol–water partition coefficient (Wildman–Crippen LogP) is 4.47. The quantitative estimate of drug-likeness (QED) is 0.339. The number of alkyl halides is 2. The Kier molecular flexibility index (Phi) is 7.30. The Labute approximate surface area is 210 Å². The Morgan fingerprint density at radius 2 is 1.84 bits per heavy atom. The summed E-state index contributed by atoms with van der Waals surface area (Å²) < 4.78 is 76.0. The fourth-order valence-electron chi connectivity index (χ4n) is 4.23. The van der Waals surface area contributed by atoms with Crippen molar-refractivity contribution in [2.45, 2.75) is 26.5 Å². The first kappa shape index (κ1) is 26.3. The van der Waals surface area contributed by atoms with E-state index < -0.39 is 39.8 Å². The van der Waals surface area contributed by atoms with Crippen molar-refractivity contribution >= 4 is 21.0 Å². The number of benzene rings is 2. The van der Waals surface area contributed by atoms with Crippen LogP contribution in [0.5, 0.6) is 11.5 Å². The number of nitrogens with one attached hydrogen (secondary N) is 1. The summed E-state index contributed by atoms with van der Waals surface area (Å²) in [6, 6.07) is 9.04. The van der Waals surface area contributed by atoms with Crippen LogP contribution < -0.4 is 15.2 Å². The van der Waals surface area contributed by atoms with Gasteiger partial charge >= 0.3 is 12.3 Å². The number of rotatable bonds is 9. The minimum Gasteiger partial charge on any atom is -0.490 e. The smallest absolute Gasteiger partial charge is 0.387 e. The number of H-pyrrole nitrogens is 1. The fraction of sp³-hybridized carbons (Fsp3) is 0.280. The number of ether oxygens (including phenoxy) is 2. The largest absolute Gasteiger partial charge is 0.490 e. The van der Waals surface area contributed by atoms with E-state index in [9.17, 15) is 26.4 Å². The van der Waals surface area contributed by atoms with Gasteiger partial charge in [-0.1, -0.05) is 24.3 Å². The molecular formula is C25H24F3N3O5S. The molecule has 4 aromatic rings. The van der Waals surface area contributed by atoms with Gasteiger partial charge in [0.25, 0.3) is 0 Å². The minimum atomic E-state index is -3.65. The first-order chi connectivity index (χ1) is 17.5. The second-order valence-electron chi connectivity index (χ2n) is 8.40. The summed E-state index contributed by atoms with van der Waals surface area (Å²) in [5, 5.41) is 0. The van der Waals surface area contributed by atoms with Crippen LogP contribution >= 0.6 is 0 Å². The average molecular weight is 536 g/mol. The molecule has 0 fully saturated rings. The summed E-state index contributed by atoms with van der Waals surface area (Å²) in [4.78, 5) is 20.3. The van der Waals surface area contributed by atoms with E-state index in [2.05, 4.69) is 14.7 Å². The number of sulfone groups is 1. The number of pyridine rings is 1. The zero-order valence-electron chi connectivity index (χ0n) is 20.2. The number of aromatic amines is 1. The molecule has 0 unspecified atom stereocenters. The highest BCUT2D eigenvalue weighted by Gasteiger charge is 2.27. The van der Waals surface area contributed by atoms with Gasteiger partial charge in [-0.05, 0) is 43.2 Å². The highest BCUT2D eigenvalue weighted by atomic mass is 32.2. The molecule has 0 aliphatic carbocycles. The molecular weight excluding hydrogens is 511 g/mol. The highest BCUT2D eigenvalue weighted by molar-refractivity contribution is 7.90. The van der Waals surface area contributed by atoms with E-state index in [0.717, 1.165) is 6.26 Å². The lowest BCUT2D eigenvalue weighted by Gasteiger charge is -2.20. The van der Waals surface area contributed by atoms with Crippen LogP contribution in [0.1, 0.15) is 24.1 Å². The van der Waals surface area contributed by atoms with Crippen LogP contribution in [-0.2, 0) is 9.84 Å². The van der Waals surface area contributed by atoms with Crippen molar-refractivity contribution in [2.75, 3.05) is 18.6 Å². The lowest BCUT2D eigenvalue weighted by Crippen LogP contribution is -2.28. The molecule has 2 heterocycles. The third kappa shape index (κ3) is 5.48. The van der Waals surface area contributed by atoms with Crippen LogP contribution in [0.15, 0.2) is 53.5 Å². The Hall–Kier alpha value is -3.80. The summed E-state index contributed by atoms with van der Waals surface area (Å²) in [6.45, 7) is 0.383. The molecule has 0 spiro atoms. The van der Waals surface area contributed by atoms with E-state index in [1.54, 1.807) is 32.0 Å². The molecule has 0 aliphatic heterocycles. The molecule has 2 aromatic carbocycles. The molecule has 0 aliphatic rings. The van der Waals surface area contributed by atoms with Crippen LogP contribution in [0, 0.1) is 12.7 Å². The maximum Gasteiger partial charge on any atom is 0.387 e. The zero-order valence-corrected chi connectivity index (χ0v) is 21.0. The summed E-state index contributed by atoms with van der Waals surface area (Å²) in [5.74, 6) is -1.21. The Morgan fingerprint density at radius 3 is 2.49 bits per heavy atom. The molecule has 0 radical (unpaired) electrons. The number of halogens is 3. The first-order valence-corrected chi connectivity index (χ1v) is 13.3. The summed E-state index contributed by atoms with van der Waals surface area (Å²) in [6.07, 6.45) is 2.44. The van der Waals surface area contributed by atoms with Gasteiger partial charge in [-0.2, -0.15) is 8.78 Å². The maximum absolute atomic E-state index is 14.4. The van der Waals surface area contributed by atoms with E-state index >= 15 is 0 Å². The third-order valence-electron chi connectivity index (χ3n) is 5.80. The number of aryl methyl sites for hydroxylation is 1. The molecule has 0 amide bonds. The zero-order chi connectivity index (χ0) is 26.9. The van der Waals surface area contributed by atoms with E-state index in [1.807, 2.05) is 0 Å². The van der Waals surface area contributed by atoms with Gasteiger partial charge in [0.1, 0.15) is 15.7 Å². The molecule has 0 bridgehead atoms. The van der Waals surface area contributed by atoms with Crippen LogP contribution in [0.4, 0.5) is 13.2 Å². The molecule has 8 nitrogen and oxygen atoms in total. The van der Waals surface area contributed by atoms with Crippen LogP contribution in [0.3, 0.4) is 0 Å². The average Bonchev–Trinajstić information content (AvgIpc) is 3.15. The molecule has 196 valence electrons. The van der Waals surface area contributed by atoms with Crippen molar-refractivity contribution in [2.24, 2.45) is 0 Å². The number of hydrogen-bond acceptors (Lipinski definition) is 6. The molecule has 12 heteroatoms. The number of fused-ring (bicyclic) bond motifs is 1. The summed E-state index contributed by atoms with van der Waals surface area (Å²) in [7, 11) is -3.65. The lowest BCUT2D eigenvalue weighted by molar-refractivity contribution is -0.0514. The van der Waals surface area contributed by atoms with Gasteiger partial charge < -0.3 is 14.5 Å². The predicted molar refractivity (Wildman–Crippen MR) is 133 cm³/mol. The Balaban J connectivity index is 1.91. The van der Waals surface area contributed by atoms with E-state index in [-0.39, 0.29) is 23.8 Å². The van der Waals surface area contributed by atoms with Crippen LogP contribution in [0.25, 0.3) is 22.3 Å². The van der Waals surface area contributed by atoms with Gasteiger partial charge in [-0.25, -0.2) is 22.6 Å². The number of nitrogens with zero attached hydrogens (tertiary/aromatic N) is 2.